The summed E-state index contributed by atoms with van der Waals surface area (Å²) in [6, 6.07) is 11.5. The van der Waals surface area contributed by atoms with E-state index in [1.165, 1.54) is 49.7 Å². The first-order valence-electron chi connectivity index (χ1n) is 13.0. The number of aromatic nitrogens is 2. The van der Waals surface area contributed by atoms with E-state index in [0.717, 1.165) is 30.3 Å². The molecule has 3 aromatic carbocycles. The van der Waals surface area contributed by atoms with Crippen LogP contribution < -0.4 is 0 Å². The maximum absolute atomic E-state index is 12.6. The molecule has 5 nitrogen and oxygen atoms in total. The van der Waals surface area contributed by atoms with Gasteiger partial charge in [-0.25, -0.2) is 0 Å². The first-order valence-corrected chi connectivity index (χ1v) is 14.2. The second-order valence-corrected chi connectivity index (χ2v) is 11.0. The Morgan fingerprint density at radius 3 is 1.54 bits per heavy atom. The van der Waals surface area contributed by atoms with Crippen LogP contribution in [0.1, 0.15) is 44.3 Å². The van der Waals surface area contributed by atoms with Crippen molar-refractivity contribution in [1.29, 1.82) is 0 Å². The third kappa shape index (κ3) is 11.9. The van der Waals surface area contributed by atoms with Crippen LogP contribution in [0.25, 0.3) is 11.3 Å². The van der Waals surface area contributed by atoms with Gasteiger partial charge < -0.3 is 4.90 Å². The van der Waals surface area contributed by atoms with Crippen LogP contribution in [0.2, 0.25) is 15.1 Å². The molecule has 0 aliphatic carbocycles. The van der Waals surface area contributed by atoms with Gasteiger partial charge in [-0.1, -0.05) is 40.9 Å². The molecule has 0 amide bonds. The van der Waals surface area contributed by atoms with Crippen molar-refractivity contribution in [3.05, 3.63) is 122 Å². The molecular formula is C31H23Cl3F9N3O2. The fourth-order valence-corrected chi connectivity index (χ4v) is 4.17. The zero-order valence-electron chi connectivity index (χ0n) is 24.8. The van der Waals surface area contributed by atoms with Gasteiger partial charge in [-0.15, -0.1) is 0 Å². The summed E-state index contributed by atoms with van der Waals surface area (Å²) in [5, 5.41) is 5.13. The lowest BCUT2D eigenvalue weighted by atomic mass is 10.1. The molecule has 0 aliphatic rings. The van der Waals surface area contributed by atoms with Crippen molar-refractivity contribution in [3.8, 4) is 11.3 Å². The Morgan fingerprint density at radius 2 is 1.12 bits per heavy atom. The van der Waals surface area contributed by atoms with Crippen molar-refractivity contribution in [2.24, 2.45) is 0 Å². The molecule has 1 N–H and O–H groups in total. The molecule has 0 fully saturated rings. The van der Waals surface area contributed by atoms with Crippen LogP contribution in [0.4, 0.5) is 39.5 Å². The van der Waals surface area contributed by atoms with Crippen LogP contribution in [0.3, 0.4) is 0 Å². The third-order valence-electron chi connectivity index (χ3n) is 5.84. The Morgan fingerprint density at radius 1 is 0.688 bits per heavy atom. The fourth-order valence-electron chi connectivity index (χ4n) is 3.50. The Balaban J connectivity index is 0.000000252. The number of hydrogen-bond donors (Lipinski definition) is 1. The van der Waals surface area contributed by atoms with Crippen molar-refractivity contribution in [2.45, 2.75) is 25.5 Å². The molecule has 17 heteroatoms. The summed E-state index contributed by atoms with van der Waals surface area (Å²) in [7, 11) is 3.40. The molecule has 4 rings (SSSR count). The maximum Gasteiger partial charge on any atom is 0.417 e. The molecule has 1 heterocycles. The molecule has 0 saturated carbocycles. The minimum atomic E-state index is -4.57. The number of carbonyl (C=O) groups excluding carboxylic acids is 2. The number of nitrogens with zero attached hydrogens (tertiary/aromatic N) is 2. The van der Waals surface area contributed by atoms with E-state index in [0.29, 0.717) is 11.3 Å². The predicted octanol–water partition coefficient (Wildman–Crippen LogP) is 10.9. The Labute approximate surface area is 282 Å². The summed E-state index contributed by atoms with van der Waals surface area (Å²) in [5.41, 5.74) is -1.97. The number of aromatic amines is 1. The van der Waals surface area contributed by atoms with E-state index >= 15 is 0 Å². The Hall–Kier alpha value is -4.01. The lowest BCUT2D eigenvalue weighted by Gasteiger charge is -2.10. The summed E-state index contributed by atoms with van der Waals surface area (Å²) >= 11 is 16.3. The SMILES string of the molecule is CC(=O)c1ccc(Cl)c(C(F)(F)F)c1.CN(C)/C=C/C(=O)c1ccc(Cl)c(C(F)(F)F)c1.FC(F)(F)c1cc(-c2ccn[nH]2)ccc1Cl. The second-order valence-electron chi connectivity index (χ2n) is 9.75. The molecule has 0 radical (unpaired) electrons. The van der Waals surface area contributed by atoms with Crippen LogP contribution in [0, 0.1) is 0 Å². The summed E-state index contributed by atoms with van der Waals surface area (Å²) in [4.78, 5) is 24.1. The minimum Gasteiger partial charge on any atom is -0.383 e. The number of nitrogens with one attached hydrogen (secondary N) is 1. The average Bonchev–Trinajstić information content (AvgIpc) is 3.50. The van der Waals surface area contributed by atoms with Gasteiger partial charge in [0, 0.05) is 49.3 Å². The zero-order valence-corrected chi connectivity index (χ0v) is 27.0. The quantitative estimate of drug-likeness (QED) is 0.125. The van der Waals surface area contributed by atoms with Crippen molar-refractivity contribution >= 4 is 46.4 Å². The number of benzene rings is 3. The van der Waals surface area contributed by atoms with E-state index in [4.69, 9.17) is 34.8 Å². The van der Waals surface area contributed by atoms with E-state index in [2.05, 4.69) is 10.2 Å². The molecule has 258 valence electrons. The number of carbonyl (C=O) groups is 2. The van der Waals surface area contributed by atoms with Gasteiger partial charge in [0.05, 0.1) is 37.5 Å². The van der Waals surface area contributed by atoms with Crippen LogP contribution in [0.5, 0.6) is 0 Å². The monoisotopic (exact) mass is 745 g/mol. The smallest absolute Gasteiger partial charge is 0.383 e. The average molecular weight is 747 g/mol. The minimum absolute atomic E-state index is 0.00160. The van der Waals surface area contributed by atoms with E-state index < -0.39 is 56.8 Å². The van der Waals surface area contributed by atoms with Crippen LogP contribution >= 0.6 is 34.8 Å². The van der Waals surface area contributed by atoms with Crippen molar-refractivity contribution in [2.75, 3.05) is 14.1 Å². The van der Waals surface area contributed by atoms with Gasteiger partial charge >= 0.3 is 18.5 Å². The fraction of sp³-hybridized carbons (Fsp3) is 0.194. The van der Waals surface area contributed by atoms with Crippen molar-refractivity contribution < 1.29 is 49.1 Å². The summed E-state index contributed by atoms with van der Waals surface area (Å²) < 4.78 is 112. The zero-order chi connectivity index (χ0) is 36.6. The summed E-state index contributed by atoms with van der Waals surface area (Å²) in [6.07, 6.45) is -9.42. The topological polar surface area (TPSA) is 66.1 Å². The molecule has 0 saturated heterocycles. The van der Waals surface area contributed by atoms with Crippen LogP contribution in [0.15, 0.2) is 79.1 Å². The Kier molecular flexibility index (Phi) is 13.7. The highest BCUT2D eigenvalue weighted by Crippen LogP contribution is 2.38. The number of hydrogen-bond acceptors (Lipinski definition) is 4. The van der Waals surface area contributed by atoms with Gasteiger partial charge in [0.15, 0.2) is 11.6 Å². The van der Waals surface area contributed by atoms with Gasteiger partial charge in [0.25, 0.3) is 0 Å². The molecule has 0 aliphatic heterocycles. The Bertz CT molecular complexity index is 1750. The number of Topliss-reactive ketones (excluding diaryl/α,β-unsaturated/α-hetero) is 1. The molecule has 0 atom stereocenters. The predicted molar refractivity (Wildman–Crippen MR) is 164 cm³/mol. The molecular weight excluding hydrogens is 724 g/mol. The van der Waals surface area contributed by atoms with Crippen LogP contribution in [-0.4, -0.2) is 40.8 Å². The molecule has 1 aromatic heterocycles. The third-order valence-corrected chi connectivity index (χ3v) is 6.83. The van der Waals surface area contributed by atoms with E-state index in [9.17, 15) is 49.1 Å². The summed E-state index contributed by atoms with van der Waals surface area (Å²) in [5.74, 6) is -0.932. The van der Waals surface area contributed by atoms with E-state index in [1.807, 2.05) is 0 Å². The number of alkyl halides is 9. The second kappa shape index (κ2) is 16.4. The molecule has 4 aromatic rings. The molecule has 0 spiro atoms. The van der Waals surface area contributed by atoms with E-state index in [1.54, 1.807) is 25.1 Å². The highest BCUT2D eigenvalue weighted by atomic mass is 35.5. The maximum atomic E-state index is 12.6. The lowest BCUT2D eigenvalue weighted by molar-refractivity contribution is -0.138. The molecule has 0 bridgehead atoms. The number of H-pyrrole nitrogens is 1. The van der Waals surface area contributed by atoms with Gasteiger partial charge in [-0.05, 0) is 61.5 Å². The van der Waals surface area contributed by atoms with Gasteiger partial charge in [-0.3, -0.25) is 14.7 Å². The number of halogens is 12. The number of allylic oxidation sites excluding steroid dienone is 1. The van der Waals surface area contributed by atoms with E-state index in [-0.39, 0.29) is 16.1 Å². The highest BCUT2D eigenvalue weighted by Gasteiger charge is 2.35. The largest absolute Gasteiger partial charge is 0.417 e. The van der Waals surface area contributed by atoms with Crippen molar-refractivity contribution in [3.63, 3.8) is 0 Å². The lowest BCUT2D eigenvalue weighted by Crippen LogP contribution is -2.08. The highest BCUT2D eigenvalue weighted by molar-refractivity contribution is 6.32. The number of ketones is 2. The molecule has 48 heavy (non-hydrogen) atoms. The van der Waals surface area contributed by atoms with Crippen LogP contribution in [-0.2, 0) is 18.5 Å². The first-order chi connectivity index (χ1) is 22.0. The van der Waals surface area contributed by atoms with Gasteiger partial charge in [0.1, 0.15) is 0 Å². The van der Waals surface area contributed by atoms with Gasteiger partial charge in [-0.2, -0.15) is 44.6 Å². The molecule has 0 unspecified atom stereocenters. The van der Waals surface area contributed by atoms with Gasteiger partial charge in [0.2, 0.25) is 0 Å². The summed E-state index contributed by atoms with van der Waals surface area (Å²) in [6.45, 7) is 1.20. The number of rotatable bonds is 5. The standard InChI is InChI=1S/C12H11ClF3NO.C10H6ClF3N2.C9H6ClF3O/c1-17(2)6-5-11(18)8-3-4-10(13)9(7-8)12(14,15)16;11-8-2-1-6(9-3-4-15-16-9)5-7(8)10(12,13)14;1-5(14)6-2-3-8(10)7(4-6)9(11,12)13/h3-7H,1-2H3;1-5H,(H,15,16);2-4H,1H3/b6-5+;;. The first kappa shape index (κ1) is 40.2. The van der Waals surface area contributed by atoms with Crippen molar-refractivity contribution in [1.82, 2.24) is 15.1 Å². The normalized spacial score (nSPS) is 11.7.